The molecule has 6 atom stereocenters. The SMILES string of the molecule is CC(=O)N(CN1C(=O)[C@@H]2[C@@H]3C=C[C@H]([C@H]4C[C@@H]34)[C@@H]2C1=O)c1ccc(F)cc1. The van der Waals surface area contributed by atoms with Crippen LogP contribution in [0, 0.1) is 41.3 Å². The molecule has 2 bridgehead atoms. The Morgan fingerprint density at radius 2 is 1.62 bits per heavy atom. The second-order valence-corrected chi connectivity index (χ2v) is 7.82. The van der Waals surface area contributed by atoms with Gasteiger partial charge in [0.05, 0.1) is 11.8 Å². The monoisotopic (exact) mass is 354 g/mol. The van der Waals surface area contributed by atoms with Crippen LogP contribution in [0.3, 0.4) is 0 Å². The number of nitrogens with zero attached hydrogens (tertiary/aromatic N) is 2. The quantitative estimate of drug-likeness (QED) is 0.618. The number of benzene rings is 1. The van der Waals surface area contributed by atoms with Gasteiger partial charge in [0.1, 0.15) is 12.5 Å². The largest absolute Gasteiger partial charge is 0.294 e. The van der Waals surface area contributed by atoms with Crippen LogP contribution in [0.4, 0.5) is 10.1 Å². The smallest absolute Gasteiger partial charge is 0.235 e. The fourth-order valence-electron chi connectivity index (χ4n) is 5.28. The highest BCUT2D eigenvalue weighted by Gasteiger charge is 2.67. The van der Waals surface area contributed by atoms with Crippen LogP contribution in [0.15, 0.2) is 36.4 Å². The van der Waals surface area contributed by atoms with Crippen LogP contribution in [0.2, 0.25) is 0 Å². The Bertz CT molecular complexity index is 813. The summed E-state index contributed by atoms with van der Waals surface area (Å²) in [4.78, 5) is 40.7. The third kappa shape index (κ3) is 2.04. The number of halogens is 1. The van der Waals surface area contributed by atoms with E-state index in [1.165, 1.54) is 41.0 Å². The lowest BCUT2D eigenvalue weighted by atomic mass is 9.63. The lowest BCUT2D eigenvalue weighted by molar-refractivity contribution is -0.140. The summed E-state index contributed by atoms with van der Waals surface area (Å²) in [5.41, 5.74) is 0.471. The van der Waals surface area contributed by atoms with Crippen LogP contribution in [-0.2, 0) is 14.4 Å². The lowest BCUT2D eigenvalue weighted by Gasteiger charge is -2.37. The van der Waals surface area contributed by atoms with Gasteiger partial charge in [-0.2, -0.15) is 0 Å². The summed E-state index contributed by atoms with van der Waals surface area (Å²) in [5, 5.41) is 0. The maximum atomic E-state index is 13.2. The zero-order valence-electron chi connectivity index (χ0n) is 14.3. The van der Waals surface area contributed by atoms with E-state index in [-0.39, 0.29) is 48.1 Å². The maximum Gasteiger partial charge on any atom is 0.235 e. The van der Waals surface area contributed by atoms with Crippen molar-refractivity contribution in [2.45, 2.75) is 13.3 Å². The van der Waals surface area contributed by atoms with Gasteiger partial charge in [0.2, 0.25) is 17.7 Å². The Morgan fingerprint density at radius 1 is 1.08 bits per heavy atom. The van der Waals surface area contributed by atoms with Gasteiger partial charge in [-0.25, -0.2) is 4.39 Å². The summed E-state index contributed by atoms with van der Waals surface area (Å²) in [6, 6.07) is 5.48. The first-order chi connectivity index (χ1) is 12.5. The first-order valence-electron chi connectivity index (χ1n) is 9.04. The normalized spacial score (nSPS) is 36.2. The summed E-state index contributed by atoms with van der Waals surface area (Å²) in [7, 11) is 0. The van der Waals surface area contributed by atoms with E-state index in [9.17, 15) is 18.8 Å². The minimum atomic E-state index is -0.404. The Kier molecular flexibility index (Phi) is 3.18. The van der Waals surface area contributed by atoms with Crippen molar-refractivity contribution >= 4 is 23.4 Å². The molecule has 5 aliphatic rings. The molecule has 4 aliphatic carbocycles. The summed E-state index contributed by atoms with van der Waals surface area (Å²) in [5.74, 6) is -0.175. The lowest BCUT2D eigenvalue weighted by Crippen LogP contribution is -2.44. The first kappa shape index (κ1) is 15.7. The average Bonchev–Trinajstić information content (AvgIpc) is 3.40. The molecular formula is C20H19FN2O3. The van der Waals surface area contributed by atoms with Crippen molar-refractivity contribution in [3.63, 3.8) is 0 Å². The zero-order chi connectivity index (χ0) is 18.2. The summed E-state index contributed by atoms with van der Waals surface area (Å²) < 4.78 is 13.2. The molecule has 0 radical (unpaired) electrons. The van der Waals surface area contributed by atoms with E-state index >= 15 is 0 Å². The maximum absolute atomic E-state index is 13.2. The summed E-state index contributed by atoms with van der Waals surface area (Å²) in [6.07, 6.45) is 5.36. The van der Waals surface area contributed by atoms with E-state index in [1.54, 1.807) is 0 Å². The predicted octanol–water partition coefficient (Wildman–Crippen LogP) is 2.19. The Hall–Kier alpha value is -2.50. The van der Waals surface area contributed by atoms with Crippen LogP contribution in [0.1, 0.15) is 13.3 Å². The number of anilines is 1. The highest BCUT2D eigenvalue weighted by atomic mass is 19.1. The molecule has 1 saturated heterocycles. The van der Waals surface area contributed by atoms with Gasteiger partial charge in [-0.3, -0.25) is 24.2 Å². The number of carbonyl (C=O) groups excluding carboxylic acids is 3. The molecule has 0 unspecified atom stereocenters. The van der Waals surface area contributed by atoms with Crippen LogP contribution < -0.4 is 4.90 Å². The number of amides is 3. The summed E-state index contributed by atoms with van der Waals surface area (Å²) in [6.45, 7) is 1.27. The van der Waals surface area contributed by atoms with Gasteiger partial charge in [0, 0.05) is 12.6 Å². The van der Waals surface area contributed by atoms with Crippen molar-refractivity contribution in [1.82, 2.24) is 4.90 Å². The molecule has 5 nitrogen and oxygen atoms in total. The average molecular weight is 354 g/mol. The molecule has 3 fully saturated rings. The van der Waals surface area contributed by atoms with E-state index in [0.717, 1.165) is 6.42 Å². The highest BCUT2D eigenvalue weighted by Crippen LogP contribution is 2.65. The number of hydrogen-bond donors (Lipinski definition) is 0. The predicted molar refractivity (Wildman–Crippen MR) is 91.0 cm³/mol. The number of likely N-dealkylation sites (tertiary alicyclic amines) is 1. The second kappa shape index (κ2) is 5.25. The molecule has 3 amide bonds. The van der Waals surface area contributed by atoms with Crippen molar-refractivity contribution in [1.29, 1.82) is 0 Å². The number of rotatable bonds is 3. The fourth-order valence-corrected chi connectivity index (χ4v) is 5.28. The van der Waals surface area contributed by atoms with Gasteiger partial charge in [0.15, 0.2) is 0 Å². The van der Waals surface area contributed by atoms with Gasteiger partial charge in [-0.05, 0) is 54.4 Å². The number of allylic oxidation sites excluding steroid dienone is 2. The molecule has 6 rings (SSSR count). The van der Waals surface area contributed by atoms with Crippen molar-refractivity contribution < 1.29 is 18.8 Å². The van der Waals surface area contributed by atoms with Gasteiger partial charge >= 0.3 is 0 Å². The van der Waals surface area contributed by atoms with Gasteiger partial charge in [0.25, 0.3) is 0 Å². The van der Waals surface area contributed by atoms with E-state index in [2.05, 4.69) is 12.2 Å². The van der Waals surface area contributed by atoms with Gasteiger partial charge < -0.3 is 0 Å². The van der Waals surface area contributed by atoms with Crippen molar-refractivity contribution in [2.24, 2.45) is 35.5 Å². The van der Waals surface area contributed by atoms with E-state index in [1.807, 2.05) is 0 Å². The Morgan fingerprint density at radius 3 is 2.12 bits per heavy atom. The Balaban J connectivity index is 1.44. The number of imide groups is 1. The molecular weight excluding hydrogens is 335 g/mol. The molecule has 1 aliphatic heterocycles. The second-order valence-electron chi connectivity index (χ2n) is 7.82. The van der Waals surface area contributed by atoms with E-state index in [0.29, 0.717) is 17.5 Å². The molecule has 0 N–H and O–H groups in total. The fraction of sp³-hybridized carbons (Fsp3) is 0.450. The number of hydrogen-bond acceptors (Lipinski definition) is 3. The van der Waals surface area contributed by atoms with Crippen molar-refractivity contribution in [3.8, 4) is 0 Å². The third-order valence-corrected chi connectivity index (χ3v) is 6.56. The van der Waals surface area contributed by atoms with Crippen LogP contribution in [-0.4, -0.2) is 29.3 Å². The van der Waals surface area contributed by atoms with Crippen LogP contribution in [0.25, 0.3) is 0 Å². The van der Waals surface area contributed by atoms with E-state index < -0.39 is 5.82 Å². The topological polar surface area (TPSA) is 57.7 Å². The summed E-state index contributed by atoms with van der Waals surface area (Å²) >= 11 is 0. The molecule has 1 heterocycles. The minimum absolute atomic E-state index is 0.111. The van der Waals surface area contributed by atoms with E-state index in [4.69, 9.17) is 0 Å². The molecule has 26 heavy (non-hydrogen) atoms. The molecule has 134 valence electrons. The standard InChI is InChI=1S/C20H19FN2O3/c1-10(24)22(12-4-2-11(21)3-5-12)9-23-19(25)17-13-6-7-14(16-8-15(13)16)18(17)20(23)26/h2-7,13-18H,8-9H2,1H3/t13-,14-,15-,16+,17+,18-/m1/s1. The molecule has 2 saturated carbocycles. The molecule has 1 aromatic carbocycles. The Labute approximate surface area is 150 Å². The van der Waals surface area contributed by atoms with Crippen molar-refractivity contribution in [3.05, 3.63) is 42.2 Å². The van der Waals surface area contributed by atoms with Crippen LogP contribution >= 0.6 is 0 Å². The number of carbonyl (C=O) groups is 3. The molecule has 0 spiro atoms. The zero-order valence-corrected chi connectivity index (χ0v) is 14.3. The molecule has 1 aromatic rings. The molecule has 0 aromatic heterocycles. The highest BCUT2D eigenvalue weighted by molar-refractivity contribution is 6.07. The van der Waals surface area contributed by atoms with Gasteiger partial charge in [-0.1, -0.05) is 12.2 Å². The first-order valence-corrected chi connectivity index (χ1v) is 9.04. The molecule has 6 heteroatoms. The third-order valence-electron chi connectivity index (χ3n) is 6.56. The van der Waals surface area contributed by atoms with Crippen LogP contribution in [0.5, 0.6) is 0 Å². The minimum Gasteiger partial charge on any atom is -0.294 e. The van der Waals surface area contributed by atoms with Crippen molar-refractivity contribution in [2.75, 3.05) is 11.6 Å². The van der Waals surface area contributed by atoms with Gasteiger partial charge in [-0.15, -0.1) is 0 Å².